The molecule has 3 rings (SSSR count). The summed E-state index contributed by atoms with van der Waals surface area (Å²) in [6, 6.07) is 7.14. The maximum absolute atomic E-state index is 12.9. The molecule has 170 valence electrons. The number of nitrogens with two attached hydrogens (primary N) is 1. The van der Waals surface area contributed by atoms with Gasteiger partial charge in [0.2, 0.25) is 15.8 Å². The van der Waals surface area contributed by atoms with Gasteiger partial charge in [0.1, 0.15) is 16.4 Å². The molecule has 1 heterocycles. The zero-order chi connectivity index (χ0) is 22.6. The average Bonchev–Trinajstić information content (AvgIpc) is 3.07. The SMILES string of the molecule is COc1ccccc1C(=O)c1sc(N[C@H]2CC[C@H](NS(=O)(=O)CC(C)C)CC2)nc1N. The van der Waals surface area contributed by atoms with Crippen molar-refractivity contribution in [1.82, 2.24) is 9.71 Å². The minimum atomic E-state index is -3.25. The number of sulfonamides is 1. The number of rotatable bonds is 9. The summed E-state index contributed by atoms with van der Waals surface area (Å²) in [5.41, 5.74) is 6.47. The van der Waals surface area contributed by atoms with Crippen molar-refractivity contribution < 1.29 is 17.9 Å². The molecule has 0 radical (unpaired) electrons. The third-order valence-corrected chi connectivity index (χ3v) is 7.96. The second kappa shape index (κ2) is 9.97. The van der Waals surface area contributed by atoms with E-state index in [1.165, 1.54) is 18.4 Å². The van der Waals surface area contributed by atoms with E-state index in [1.54, 1.807) is 24.3 Å². The largest absolute Gasteiger partial charge is 0.496 e. The molecular formula is C21H30N4O4S2. The van der Waals surface area contributed by atoms with Gasteiger partial charge in [-0.1, -0.05) is 37.3 Å². The highest BCUT2D eigenvalue weighted by Crippen LogP contribution is 2.32. The van der Waals surface area contributed by atoms with Crippen molar-refractivity contribution in [3.05, 3.63) is 34.7 Å². The number of hydrogen-bond acceptors (Lipinski definition) is 8. The first kappa shape index (κ1) is 23.5. The number of carbonyl (C=O) groups excluding carboxylic acids is 1. The van der Waals surface area contributed by atoms with Crippen LogP contribution in [0.1, 0.15) is 54.8 Å². The molecular weight excluding hydrogens is 436 g/mol. The van der Waals surface area contributed by atoms with E-state index in [4.69, 9.17) is 10.5 Å². The molecule has 0 atom stereocenters. The lowest BCUT2D eigenvalue weighted by Crippen LogP contribution is -2.41. The summed E-state index contributed by atoms with van der Waals surface area (Å²) >= 11 is 1.23. The van der Waals surface area contributed by atoms with Gasteiger partial charge in [0.15, 0.2) is 5.13 Å². The molecule has 0 saturated heterocycles. The molecule has 1 aliphatic carbocycles. The number of anilines is 2. The van der Waals surface area contributed by atoms with Crippen LogP contribution in [0, 0.1) is 5.92 Å². The normalized spacial score (nSPS) is 19.4. The number of para-hydroxylation sites is 1. The van der Waals surface area contributed by atoms with Gasteiger partial charge in [0.25, 0.3) is 0 Å². The molecule has 4 N–H and O–H groups in total. The standard InChI is InChI=1S/C21H30N4O4S2/c1-13(2)12-31(27,28)25-15-10-8-14(9-11-15)23-21-24-20(22)19(30-21)18(26)16-6-4-5-7-17(16)29-3/h4-7,13-15,25H,8-12,22H2,1-3H3,(H,23,24)/t14-,15-. The Hall–Kier alpha value is -2.17. The van der Waals surface area contributed by atoms with Crippen LogP contribution in [0.3, 0.4) is 0 Å². The predicted molar refractivity (Wildman–Crippen MR) is 124 cm³/mol. The molecule has 0 bridgehead atoms. The van der Waals surface area contributed by atoms with Gasteiger partial charge in [-0.25, -0.2) is 18.1 Å². The number of nitrogen functional groups attached to an aromatic ring is 1. The van der Waals surface area contributed by atoms with Gasteiger partial charge >= 0.3 is 0 Å². The lowest BCUT2D eigenvalue weighted by molar-refractivity contribution is 0.104. The van der Waals surface area contributed by atoms with Crippen molar-refractivity contribution in [3.63, 3.8) is 0 Å². The highest BCUT2D eigenvalue weighted by atomic mass is 32.2. The van der Waals surface area contributed by atoms with Gasteiger partial charge in [-0.3, -0.25) is 4.79 Å². The summed E-state index contributed by atoms with van der Waals surface area (Å²) < 4.78 is 32.4. The molecule has 1 aromatic carbocycles. The van der Waals surface area contributed by atoms with Crippen LogP contribution in [0.25, 0.3) is 0 Å². The lowest BCUT2D eigenvalue weighted by Gasteiger charge is -2.29. The smallest absolute Gasteiger partial charge is 0.212 e. The maximum atomic E-state index is 12.9. The van der Waals surface area contributed by atoms with Crippen LogP contribution in [0.15, 0.2) is 24.3 Å². The zero-order valence-corrected chi connectivity index (χ0v) is 19.7. The van der Waals surface area contributed by atoms with Gasteiger partial charge in [-0.05, 0) is 43.7 Å². The number of ether oxygens (including phenoxy) is 1. The van der Waals surface area contributed by atoms with E-state index in [-0.39, 0.29) is 35.4 Å². The Morgan fingerprint density at radius 2 is 1.87 bits per heavy atom. The van der Waals surface area contributed by atoms with Crippen LogP contribution in [-0.4, -0.2) is 44.1 Å². The quantitative estimate of drug-likeness (QED) is 0.485. The average molecular weight is 467 g/mol. The number of nitrogens with zero attached hydrogens (tertiary/aromatic N) is 1. The van der Waals surface area contributed by atoms with E-state index in [9.17, 15) is 13.2 Å². The van der Waals surface area contributed by atoms with Gasteiger partial charge in [0.05, 0.1) is 18.4 Å². The van der Waals surface area contributed by atoms with E-state index < -0.39 is 10.0 Å². The third-order valence-electron chi connectivity index (χ3n) is 5.16. The Morgan fingerprint density at radius 3 is 2.52 bits per heavy atom. The van der Waals surface area contributed by atoms with E-state index in [0.717, 1.165) is 25.7 Å². The van der Waals surface area contributed by atoms with E-state index in [1.807, 2.05) is 13.8 Å². The van der Waals surface area contributed by atoms with E-state index in [2.05, 4.69) is 15.0 Å². The fourth-order valence-electron chi connectivity index (χ4n) is 3.78. The Bertz CT molecular complexity index is 1010. The van der Waals surface area contributed by atoms with E-state index in [0.29, 0.717) is 21.3 Å². The van der Waals surface area contributed by atoms with Crippen LogP contribution in [0.5, 0.6) is 5.75 Å². The molecule has 0 unspecified atom stereocenters. The van der Waals surface area contributed by atoms with Crippen LogP contribution in [0.2, 0.25) is 0 Å². The number of thiazole rings is 1. The van der Waals surface area contributed by atoms with Crippen molar-refractivity contribution in [3.8, 4) is 5.75 Å². The molecule has 1 aliphatic rings. The molecule has 2 aromatic rings. The van der Waals surface area contributed by atoms with Crippen LogP contribution in [0.4, 0.5) is 10.9 Å². The number of ketones is 1. The third kappa shape index (κ3) is 6.18. The number of benzene rings is 1. The Kier molecular flexibility index (Phi) is 7.55. The minimum absolute atomic E-state index is 0.0363. The molecule has 1 fully saturated rings. The van der Waals surface area contributed by atoms with Gasteiger partial charge in [-0.15, -0.1) is 0 Å². The molecule has 0 aliphatic heterocycles. The summed E-state index contributed by atoms with van der Waals surface area (Å²) in [4.78, 5) is 17.6. The van der Waals surface area contributed by atoms with Crippen molar-refractivity contribution >= 4 is 38.1 Å². The first-order valence-electron chi connectivity index (χ1n) is 10.4. The number of hydrogen-bond donors (Lipinski definition) is 3. The zero-order valence-electron chi connectivity index (χ0n) is 18.1. The monoisotopic (exact) mass is 466 g/mol. The van der Waals surface area contributed by atoms with E-state index >= 15 is 0 Å². The van der Waals surface area contributed by atoms with Crippen LogP contribution in [-0.2, 0) is 10.0 Å². The highest BCUT2D eigenvalue weighted by Gasteiger charge is 2.27. The molecule has 0 amide bonds. The van der Waals surface area contributed by atoms with Gasteiger partial charge in [-0.2, -0.15) is 0 Å². The van der Waals surface area contributed by atoms with Crippen molar-refractivity contribution in [2.24, 2.45) is 5.92 Å². The second-order valence-corrected chi connectivity index (χ2v) is 11.0. The highest BCUT2D eigenvalue weighted by molar-refractivity contribution is 7.89. The Morgan fingerprint density at radius 1 is 1.23 bits per heavy atom. The number of carbonyl (C=O) groups is 1. The molecule has 1 aromatic heterocycles. The predicted octanol–water partition coefficient (Wildman–Crippen LogP) is 3.26. The van der Waals surface area contributed by atoms with Crippen LogP contribution >= 0.6 is 11.3 Å². The Labute approximate surface area is 187 Å². The fourth-order valence-corrected chi connectivity index (χ4v) is 6.42. The number of aromatic nitrogens is 1. The molecule has 1 saturated carbocycles. The summed E-state index contributed by atoms with van der Waals surface area (Å²) in [5.74, 6) is 0.709. The number of methoxy groups -OCH3 is 1. The molecule has 10 heteroatoms. The second-order valence-electron chi connectivity index (χ2n) is 8.25. The number of nitrogens with one attached hydrogen (secondary N) is 2. The van der Waals surface area contributed by atoms with Crippen molar-refractivity contribution in [2.45, 2.75) is 51.6 Å². The first-order valence-corrected chi connectivity index (χ1v) is 12.9. The first-order chi connectivity index (χ1) is 14.7. The van der Waals surface area contributed by atoms with Crippen molar-refractivity contribution in [2.75, 3.05) is 23.9 Å². The van der Waals surface area contributed by atoms with Crippen molar-refractivity contribution in [1.29, 1.82) is 0 Å². The molecule has 8 nitrogen and oxygen atoms in total. The lowest BCUT2D eigenvalue weighted by atomic mass is 9.92. The summed E-state index contributed by atoms with van der Waals surface area (Å²) in [5, 5.41) is 3.96. The topological polar surface area (TPSA) is 123 Å². The molecule has 0 spiro atoms. The van der Waals surface area contributed by atoms with Gasteiger partial charge in [0, 0.05) is 12.1 Å². The van der Waals surface area contributed by atoms with Crippen LogP contribution < -0.4 is 20.5 Å². The molecule has 31 heavy (non-hydrogen) atoms. The fraction of sp³-hybridized carbons (Fsp3) is 0.524. The van der Waals surface area contributed by atoms with Gasteiger partial charge < -0.3 is 15.8 Å². The summed E-state index contributed by atoms with van der Waals surface area (Å²) in [6.07, 6.45) is 3.12. The summed E-state index contributed by atoms with van der Waals surface area (Å²) in [7, 11) is -1.72. The Balaban J connectivity index is 1.60. The minimum Gasteiger partial charge on any atom is -0.496 e. The maximum Gasteiger partial charge on any atom is 0.212 e. The summed E-state index contributed by atoms with van der Waals surface area (Å²) in [6.45, 7) is 3.79.